The summed E-state index contributed by atoms with van der Waals surface area (Å²) in [4.78, 5) is 10.4. The molecule has 0 spiro atoms. The smallest absolute Gasteiger partial charge is 0.193 e. The maximum atomic E-state index is 13.0. The van der Waals surface area contributed by atoms with Crippen molar-refractivity contribution in [3.63, 3.8) is 0 Å². The lowest BCUT2D eigenvalue weighted by Crippen LogP contribution is -2.43. The maximum absolute atomic E-state index is 13.0. The first-order chi connectivity index (χ1) is 12.2. The summed E-state index contributed by atoms with van der Waals surface area (Å²) in [5, 5.41) is 5.62. The van der Waals surface area contributed by atoms with Crippen LogP contribution in [0.3, 0.4) is 0 Å². The first-order valence-corrected chi connectivity index (χ1v) is 9.47. The summed E-state index contributed by atoms with van der Waals surface area (Å²) >= 11 is 1.87. The molecule has 0 atom stereocenters. The highest BCUT2D eigenvalue weighted by Gasteiger charge is 2.16. The molecule has 0 radical (unpaired) electrons. The zero-order valence-electron chi connectivity index (χ0n) is 15.2. The van der Waals surface area contributed by atoms with Crippen LogP contribution in [0, 0.1) is 5.82 Å². The SMILES string of the molecule is CN=C(NCCN1CCc2sccc2C1)N(C)Cc1ccc(F)cc1.I. The molecule has 1 aromatic carbocycles. The van der Waals surface area contributed by atoms with Crippen LogP contribution < -0.4 is 5.32 Å². The molecule has 7 heteroatoms. The molecular weight excluding hydrogens is 462 g/mol. The summed E-state index contributed by atoms with van der Waals surface area (Å²) in [5.41, 5.74) is 2.54. The van der Waals surface area contributed by atoms with E-state index in [1.165, 1.54) is 17.7 Å². The third-order valence-electron chi connectivity index (χ3n) is 4.50. The summed E-state index contributed by atoms with van der Waals surface area (Å²) in [6.45, 7) is 4.73. The molecule has 0 saturated carbocycles. The molecule has 3 rings (SSSR count). The van der Waals surface area contributed by atoms with Crippen LogP contribution >= 0.6 is 35.3 Å². The fourth-order valence-corrected chi connectivity index (χ4v) is 4.04. The van der Waals surface area contributed by atoms with E-state index in [1.807, 2.05) is 30.5 Å². The highest BCUT2D eigenvalue weighted by atomic mass is 127. The highest BCUT2D eigenvalue weighted by Crippen LogP contribution is 2.23. The van der Waals surface area contributed by atoms with E-state index in [1.54, 1.807) is 11.9 Å². The summed E-state index contributed by atoms with van der Waals surface area (Å²) in [6, 6.07) is 8.86. The van der Waals surface area contributed by atoms with Gasteiger partial charge in [0.1, 0.15) is 5.82 Å². The van der Waals surface area contributed by atoms with E-state index in [-0.39, 0.29) is 29.8 Å². The third-order valence-corrected chi connectivity index (χ3v) is 5.53. The number of hydrogen-bond acceptors (Lipinski definition) is 3. The second kappa shape index (κ2) is 10.2. The lowest BCUT2D eigenvalue weighted by atomic mass is 10.1. The number of guanidine groups is 1. The molecule has 0 bridgehead atoms. The molecule has 26 heavy (non-hydrogen) atoms. The van der Waals surface area contributed by atoms with Gasteiger partial charge in [0.15, 0.2) is 5.96 Å². The molecule has 1 N–H and O–H groups in total. The maximum Gasteiger partial charge on any atom is 0.193 e. The summed E-state index contributed by atoms with van der Waals surface area (Å²) < 4.78 is 13.0. The Kier molecular flexibility index (Phi) is 8.30. The second-order valence-corrected chi connectivity index (χ2v) is 7.35. The van der Waals surface area contributed by atoms with Gasteiger partial charge in [0.2, 0.25) is 0 Å². The van der Waals surface area contributed by atoms with Crippen molar-refractivity contribution in [2.75, 3.05) is 33.7 Å². The van der Waals surface area contributed by atoms with Gasteiger partial charge in [-0.25, -0.2) is 4.39 Å². The van der Waals surface area contributed by atoms with Crippen LogP contribution in [0.2, 0.25) is 0 Å². The van der Waals surface area contributed by atoms with Gasteiger partial charge in [-0.3, -0.25) is 9.89 Å². The Hall–Kier alpha value is -1.19. The van der Waals surface area contributed by atoms with Gasteiger partial charge in [-0.05, 0) is 41.1 Å². The molecule has 2 heterocycles. The fraction of sp³-hybridized carbons (Fsp3) is 0.421. The number of nitrogens with zero attached hydrogens (tertiary/aromatic N) is 3. The number of benzene rings is 1. The Morgan fingerprint density at radius 1 is 1.31 bits per heavy atom. The zero-order chi connectivity index (χ0) is 17.6. The van der Waals surface area contributed by atoms with E-state index < -0.39 is 0 Å². The Bertz CT molecular complexity index is 717. The highest BCUT2D eigenvalue weighted by molar-refractivity contribution is 14.0. The standard InChI is InChI=1S/C19H25FN4S.HI/c1-21-19(23(2)13-15-3-5-17(20)6-4-15)22-9-11-24-10-7-18-16(14-24)8-12-25-18;/h3-6,8,12H,7,9-11,13-14H2,1-2H3,(H,21,22);1H. The van der Waals surface area contributed by atoms with Crippen molar-refractivity contribution in [1.82, 2.24) is 15.1 Å². The molecule has 0 unspecified atom stereocenters. The van der Waals surface area contributed by atoms with Crippen molar-refractivity contribution in [1.29, 1.82) is 0 Å². The average molecular weight is 488 g/mol. The molecule has 4 nitrogen and oxygen atoms in total. The molecule has 0 saturated heterocycles. The van der Waals surface area contributed by atoms with Gasteiger partial charge in [0.05, 0.1) is 0 Å². The summed E-state index contributed by atoms with van der Waals surface area (Å²) in [7, 11) is 3.79. The van der Waals surface area contributed by atoms with Crippen molar-refractivity contribution >= 4 is 41.3 Å². The van der Waals surface area contributed by atoms with Gasteiger partial charge in [0.25, 0.3) is 0 Å². The number of nitrogens with one attached hydrogen (secondary N) is 1. The van der Waals surface area contributed by atoms with Gasteiger partial charge in [-0.15, -0.1) is 35.3 Å². The van der Waals surface area contributed by atoms with E-state index in [4.69, 9.17) is 0 Å². The molecule has 2 aromatic rings. The van der Waals surface area contributed by atoms with Crippen LogP contribution in [-0.2, 0) is 19.5 Å². The van der Waals surface area contributed by atoms with Crippen molar-refractivity contribution in [3.8, 4) is 0 Å². The predicted octanol–water partition coefficient (Wildman–Crippen LogP) is 3.57. The van der Waals surface area contributed by atoms with Gasteiger partial charge >= 0.3 is 0 Å². The number of fused-ring (bicyclic) bond motifs is 1. The largest absolute Gasteiger partial charge is 0.355 e. The predicted molar refractivity (Wildman–Crippen MR) is 118 cm³/mol. The molecular formula is C19H26FIN4S. The van der Waals surface area contributed by atoms with Crippen LogP contribution in [0.5, 0.6) is 0 Å². The lowest BCUT2D eigenvalue weighted by molar-refractivity contribution is 0.259. The van der Waals surface area contributed by atoms with E-state index in [9.17, 15) is 4.39 Å². The van der Waals surface area contributed by atoms with E-state index >= 15 is 0 Å². The topological polar surface area (TPSA) is 30.9 Å². The van der Waals surface area contributed by atoms with E-state index in [0.717, 1.165) is 44.1 Å². The number of aliphatic imine (C=N–C) groups is 1. The molecule has 0 fully saturated rings. The fourth-order valence-electron chi connectivity index (χ4n) is 3.15. The molecule has 1 aliphatic heterocycles. The van der Waals surface area contributed by atoms with Crippen molar-refractivity contribution in [2.24, 2.45) is 4.99 Å². The molecule has 1 aliphatic rings. The average Bonchev–Trinajstić information content (AvgIpc) is 3.08. The number of hydrogen-bond donors (Lipinski definition) is 1. The second-order valence-electron chi connectivity index (χ2n) is 6.35. The van der Waals surface area contributed by atoms with Crippen molar-refractivity contribution in [3.05, 3.63) is 57.5 Å². The van der Waals surface area contributed by atoms with Crippen LogP contribution in [0.1, 0.15) is 16.0 Å². The lowest BCUT2D eigenvalue weighted by Gasteiger charge is -2.28. The Balaban J connectivity index is 0.00000243. The Morgan fingerprint density at radius 2 is 2.08 bits per heavy atom. The van der Waals surface area contributed by atoms with Crippen LogP contribution in [0.4, 0.5) is 4.39 Å². The first kappa shape index (κ1) is 21.1. The van der Waals surface area contributed by atoms with Gasteiger partial charge in [0, 0.05) is 51.7 Å². The molecule has 142 valence electrons. The molecule has 0 amide bonds. The van der Waals surface area contributed by atoms with Crippen LogP contribution in [0.15, 0.2) is 40.7 Å². The minimum atomic E-state index is -0.204. The van der Waals surface area contributed by atoms with Crippen molar-refractivity contribution in [2.45, 2.75) is 19.5 Å². The number of thiophene rings is 1. The van der Waals surface area contributed by atoms with Gasteiger partial charge in [-0.2, -0.15) is 0 Å². The number of halogens is 2. The van der Waals surface area contributed by atoms with Crippen molar-refractivity contribution < 1.29 is 4.39 Å². The number of rotatable bonds is 5. The normalized spacial score (nSPS) is 14.5. The van der Waals surface area contributed by atoms with Gasteiger partial charge < -0.3 is 10.2 Å². The zero-order valence-corrected chi connectivity index (χ0v) is 18.4. The Labute approximate surface area is 176 Å². The van der Waals surface area contributed by atoms with Crippen LogP contribution in [-0.4, -0.2) is 49.5 Å². The van der Waals surface area contributed by atoms with Crippen LogP contribution in [0.25, 0.3) is 0 Å². The minimum absolute atomic E-state index is 0. The third kappa shape index (κ3) is 5.65. The van der Waals surface area contributed by atoms with Gasteiger partial charge in [-0.1, -0.05) is 12.1 Å². The summed E-state index contributed by atoms with van der Waals surface area (Å²) in [6.07, 6.45) is 1.16. The van der Waals surface area contributed by atoms with E-state index in [0.29, 0.717) is 6.54 Å². The molecule has 0 aliphatic carbocycles. The quantitative estimate of drug-likeness (QED) is 0.397. The van der Waals surface area contributed by atoms with E-state index in [2.05, 4.69) is 31.6 Å². The molecule has 1 aromatic heterocycles. The monoisotopic (exact) mass is 488 g/mol. The Morgan fingerprint density at radius 3 is 2.81 bits per heavy atom. The summed E-state index contributed by atoms with van der Waals surface area (Å²) in [5.74, 6) is 0.654. The minimum Gasteiger partial charge on any atom is -0.355 e. The first-order valence-electron chi connectivity index (χ1n) is 8.59.